The SMILES string of the molecule is COc1cc(C)cc([N+](=O)[O-])c1O. The van der Waals surface area contributed by atoms with Crippen LogP contribution >= 0.6 is 0 Å². The van der Waals surface area contributed by atoms with Crippen LogP contribution < -0.4 is 4.74 Å². The Balaban J connectivity index is 3.35. The van der Waals surface area contributed by atoms with Gasteiger partial charge in [0, 0.05) is 6.07 Å². The summed E-state index contributed by atoms with van der Waals surface area (Å²) in [6.45, 7) is 1.69. The zero-order chi connectivity index (χ0) is 10.0. The molecule has 0 aliphatic rings. The zero-order valence-corrected chi connectivity index (χ0v) is 7.27. The van der Waals surface area contributed by atoms with Crippen molar-refractivity contribution in [1.82, 2.24) is 0 Å². The maximum absolute atomic E-state index is 10.4. The molecule has 1 aromatic rings. The lowest BCUT2D eigenvalue weighted by molar-refractivity contribution is -0.386. The van der Waals surface area contributed by atoms with Gasteiger partial charge in [-0.25, -0.2) is 0 Å². The number of phenolic OH excluding ortho intramolecular Hbond substituents is 1. The van der Waals surface area contributed by atoms with Crippen LogP contribution in [0.5, 0.6) is 11.5 Å². The van der Waals surface area contributed by atoms with Crippen LogP contribution in [0.3, 0.4) is 0 Å². The van der Waals surface area contributed by atoms with Crippen LogP contribution in [0.4, 0.5) is 5.69 Å². The zero-order valence-electron chi connectivity index (χ0n) is 7.27. The van der Waals surface area contributed by atoms with Crippen LogP contribution in [0.2, 0.25) is 0 Å². The van der Waals surface area contributed by atoms with Gasteiger partial charge in [-0.1, -0.05) is 0 Å². The molecule has 0 aromatic heterocycles. The van der Waals surface area contributed by atoms with Crippen molar-refractivity contribution in [2.45, 2.75) is 6.92 Å². The van der Waals surface area contributed by atoms with Gasteiger partial charge in [-0.2, -0.15) is 0 Å². The molecule has 0 bridgehead atoms. The van der Waals surface area contributed by atoms with Crippen molar-refractivity contribution in [2.24, 2.45) is 0 Å². The topological polar surface area (TPSA) is 72.6 Å². The number of hydrogen-bond donors (Lipinski definition) is 1. The minimum absolute atomic E-state index is 0.117. The van der Waals surface area contributed by atoms with Gasteiger partial charge in [0.1, 0.15) is 0 Å². The minimum Gasteiger partial charge on any atom is -0.500 e. The van der Waals surface area contributed by atoms with E-state index in [0.29, 0.717) is 5.56 Å². The molecule has 0 fully saturated rings. The van der Waals surface area contributed by atoms with E-state index in [0.717, 1.165) is 0 Å². The molecule has 13 heavy (non-hydrogen) atoms. The standard InChI is InChI=1S/C8H9NO4/c1-5-3-6(9(11)12)8(10)7(4-5)13-2/h3-4,10H,1-2H3. The van der Waals surface area contributed by atoms with Crippen molar-refractivity contribution in [3.05, 3.63) is 27.8 Å². The van der Waals surface area contributed by atoms with Crippen molar-refractivity contribution >= 4 is 5.69 Å². The highest BCUT2D eigenvalue weighted by Gasteiger charge is 2.18. The van der Waals surface area contributed by atoms with Crippen LogP contribution in [0.25, 0.3) is 0 Å². The Bertz CT molecular complexity index is 348. The fourth-order valence-electron chi connectivity index (χ4n) is 1.02. The van der Waals surface area contributed by atoms with Gasteiger partial charge in [0.2, 0.25) is 5.75 Å². The molecule has 70 valence electrons. The third kappa shape index (κ3) is 1.69. The lowest BCUT2D eigenvalue weighted by atomic mass is 10.2. The fourth-order valence-corrected chi connectivity index (χ4v) is 1.02. The Kier molecular flexibility index (Phi) is 2.36. The maximum atomic E-state index is 10.4. The molecule has 0 saturated heterocycles. The number of methoxy groups -OCH3 is 1. The highest BCUT2D eigenvalue weighted by atomic mass is 16.6. The number of nitro groups is 1. The summed E-state index contributed by atoms with van der Waals surface area (Å²) in [5.74, 6) is -0.315. The molecule has 5 nitrogen and oxygen atoms in total. The summed E-state index contributed by atoms with van der Waals surface area (Å²) >= 11 is 0. The van der Waals surface area contributed by atoms with E-state index in [1.165, 1.54) is 19.2 Å². The Hall–Kier alpha value is -1.78. The number of hydrogen-bond acceptors (Lipinski definition) is 4. The van der Waals surface area contributed by atoms with Crippen LogP contribution in [0, 0.1) is 17.0 Å². The smallest absolute Gasteiger partial charge is 0.314 e. The van der Waals surface area contributed by atoms with Gasteiger partial charge in [0.05, 0.1) is 12.0 Å². The van der Waals surface area contributed by atoms with Crippen LogP contribution in [-0.4, -0.2) is 17.1 Å². The van der Waals surface area contributed by atoms with Gasteiger partial charge in [-0.15, -0.1) is 0 Å². The van der Waals surface area contributed by atoms with Crippen LogP contribution in [0.1, 0.15) is 5.56 Å². The first-order chi connectivity index (χ1) is 6.06. The number of aromatic hydroxyl groups is 1. The van der Waals surface area contributed by atoms with Crippen molar-refractivity contribution in [3.8, 4) is 11.5 Å². The summed E-state index contributed by atoms with van der Waals surface area (Å²) in [5.41, 5.74) is 0.332. The molecular formula is C8H9NO4. The molecule has 5 heteroatoms. The molecule has 0 unspecified atom stereocenters. The van der Waals surface area contributed by atoms with Gasteiger partial charge in [0.25, 0.3) is 0 Å². The van der Waals surface area contributed by atoms with Crippen molar-refractivity contribution in [3.63, 3.8) is 0 Å². The Morgan fingerprint density at radius 2 is 2.15 bits per heavy atom. The predicted molar refractivity (Wildman–Crippen MR) is 46.1 cm³/mol. The largest absolute Gasteiger partial charge is 0.500 e. The van der Waals surface area contributed by atoms with Crippen LogP contribution in [-0.2, 0) is 0 Å². The highest BCUT2D eigenvalue weighted by molar-refractivity contribution is 5.56. The second-order valence-electron chi connectivity index (χ2n) is 2.59. The first-order valence-electron chi connectivity index (χ1n) is 3.58. The molecule has 0 aliphatic heterocycles. The summed E-state index contributed by atoms with van der Waals surface area (Å²) in [5, 5.41) is 19.7. The number of ether oxygens (including phenoxy) is 1. The molecule has 0 saturated carbocycles. The molecule has 1 N–H and O–H groups in total. The van der Waals surface area contributed by atoms with Gasteiger partial charge in [-0.3, -0.25) is 10.1 Å². The second-order valence-corrected chi connectivity index (χ2v) is 2.59. The molecule has 0 spiro atoms. The number of nitro benzene ring substituents is 1. The Morgan fingerprint density at radius 3 is 2.62 bits per heavy atom. The average Bonchev–Trinajstić information content (AvgIpc) is 2.08. The molecule has 0 aliphatic carbocycles. The first-order valence-corrected chi connectivity index (χ1v) is 3.58. The third-order valence-corrected chi connectivity index (χ3v) is 1.62. The molecule has 1 aromatic carbocycles. The monoisotopic (exact) mass is 183 g/mol. The number of nitrogens with zero attached hydrogens (tertiary/aromatic N) is 1. The molecule has 0 heterocycles. The van der Waals surface area contributed by atoms with Gasteiger partial charge in [-0.05, 0) is 18.6 Å². The number of aryl methyl sites for hydroxylation is 1. The van der Waals surface area contributed by atoms with E-state index in [-0.39, 0.29) is 11.4 Å². The Labute approximate surface area is 74.7 Å². The van der Waals surface area contributed by atoms with Crippen molar-refractivity contribution < 1.29 is 14.8 Å². The fraction of sp³-hybridized carbons (Fsp3) is 0.250. The van der Waals surface area contributed by atoms with E-state index in [9.17, 15) is 15.2 Å². The summed E-state index contributed by atoms with van der Waals surface area (Å²) in [4.78, 5) is 9.78. The van der Waals surface area contributed by atoms with E-state index in [1.807, 2.05) is 0 Å². The number of phenols is 1. The molecule has 0 amide bonds. The minimum atomic E-state index is -0.648. The van der Waals surface area contributed by atoms with E-state index >= 15 is 0 Å². The van der Waals surface area contributed by atoms with Gasteiger partial charge in [0.15, 0.2) is 5.75 Å². The van der Waals surface area contributed by atoms with E-state index in [4.69, 9.17) is 4.74 Å². The highest BCUT2D eigenvalue weighted by Crippen LogP contribution is 2.36. The average molecular weight is 183 g/mol. The second kappa shape index (κ2) is 3.30. The quantitative estimate of drug-likeness (QED) is 0.558. The molecular weight excluding hydrogens is 174 g/mol. The summed E-state index contributed by atoms with van der Waals surface area (Å²) in [7, 11) is 1.35. The van der Waals surface area contributed by atoms with Gasteiger partial charge >= 0.3 is 5.69 Å². The van der Waals surface area contributed by atoms with E-state index in [1.54, 1.807) is 6.92 Å². The first kappa shape index (κ1) is 9.31. The summed E-state index contributed by atoms with van der Waals surface area (Å²) in [6.07, 6.45) is 0. The normalized spacial score (nSPS) is 9.69. The molecule has 0 radical (unpaired) electrons. The predicted octanol–water partition coefficient (Wildman–Crippen LogP) is 1.62. The Morgan fingerprint density at radius 1 is 1.54 bits per heavy atom. The molecule has 0 atom stereocenters. The van der Waals surface area contributed by atoms with Crippen molar-refractivity contribution in [1.29, 1.82) is 0 Å². The maximum Gasteiger partial charge on any atom is 0.314 e. The van der Waals surface area contributed by atoms with E-state index < -0.39 is 10.7 Å². The summed E-state index contributed by atoms with van der Waals surface area (Å²) in [6, 6.07) is 2.82. The van der Waals surface area contributed by atoms with E-state index in [2.05, 4.69) is 0 Å². The number of rotatable bonds is 2. The lowest BCUT2D eigenvalue weighted by Gasteiger charge is -2.04. The van der Waals surface area contributed by atoms with Crippen LogP contribution in [0.15, 0.2) is 12.1 Å². The molecule has 1 rings (SSSR count). The summed E-state index contributed by atoms with van der Waals surface area (Å²) < 4.78 is 4.76. The number of benzene rings is 1. The van der Waals surface area contributed by atoms with Crippen molar-refractivity contribution in [2.75, 3.05) is 7.11 Å². The third-order valence-electron chi connectivity index (χ3n) is 1.62. The van der Waals surface area contributed by atoms with Gasteiger partial charge < -0.3 is 9.84 Å². The lowest BCUT2D eigenvalue weighted by Crippen LogP contribution is -1.92.